The van der Waals surface area contributed by atoms with Crippen LogP contribution in [-0.2, 0) is 7.05 Å². The number of piperidine rings is 1. The molecule has 1 saturated heterocycles. The third kappa shape index (κ3) is 5.90. The summed E-state index contributed by atoms with van der Waals surface area (Å²) in [6.07, 6.45) is 17.8. The molecular weight excluding hydrogens is 434 g/mol. The van der Waals surface area contributed by atoms with E-state index in [4.69, 9.17) is 4.98 Å². The molecule has 1 aliphatic heterocycles. The van der Waals surface area contributed by atoms with Crippen molar-refractivity contribution in [3.63, 3.8) is 0 Å². The number of likely N-dealkylation sites (tertiary alicyclic amines) is 1. The average Bonchev–Trinajstić information content (AvgIpc) is 3.04. The minimum Gasteiger partial charge on any atom is -0.357 e. The van der Waals surface area contributed by atoms with Crippen molar-refractivity contribution in [2.24, 2.45) is 18.9 Å². The van der Waals surface area contributed by atoms with Gasteiger partial charge in [-0.25, -0.2) is 9.67 Å². The second kappa shape index (κ2) is 11.4. The van der Waals surface area contributed by atoms with Crippen LogP contribution in [-0.4, -0.2) is 58.2 Å². The fourth-order valence-corrected chi connectivity index (χ4v) is 6.82. The molecule has 5 rings (SSSR count). The second-order valence-corrected chi connectivity index (χ2v) is 11.6. The number of rotatable bonds is 7. The number of ketones is 1. The summed E-state index contributed by atoms with van der Waals surface area (Å²) in [4.78, 5) is 23.3. The molecule has 0 amide bonds. The van der Waals surface area contributed by atoms with Gasteiger partial charge in [0.2, 0.25) is 0 Å². The van der Waals surface area contributed by atoms with Crippen LogP contribution in [0.15, 0.2) is 12.1 Å². The van der Waals surface area contributed by atoms with Gasteiger partial charge in [-0.2, -0.15) is 5.10 Å². The highest BCUT2D eigenvalue weighted by Gasteiger charge is 2.27. The zero-order chi connectivity index (χ0) is 24.2. The third-order valence-electron chi connectivity index (χ3n) is 9.09. The molecule has 0 unspecified atom stereocenters. The molecule has 3 heterocycles. The van der Waals surface area contributed by atoms with Crippen LogP contribution < -0.4 is 4.90 Å². The van der Waals surface area contributed by atoms with Gasteiger partial charge in [-0.15, -0.1) is 0 Å². The Morgan fingerprint density at radius 2 is 1.57 bits per heavy atom. The zero-order valence-corrected chi connectivity index (χ0v) is 22.1. The maximum atomic E-state index is 13.3. The average molecular weight is 480 g/mol. The maximum absolute atomic E-state index is 13.3. The number of Topliss-reactive ketones (excluding diaryl/α,β-unsaturated/α-hetero) is 1. The van der Waals surface area contributed by atoms with E-state index in [0.717, 1.165) is 48.7 Å². The van der Waals surface area contributed by atoms with Crippen LogP contribution >= 0.6 is 0 Å². The summed E-state index contributed by atoms with van der Waals surface area (Å²) in [5, 5.41) is 5.56. The van der Waals surface area contributed by atoms with Crippen molar-refractivity contribution in [3.8, 4) is 0 Å². The number of anilines is 1. The van der Waals surface area contributed by atoms with Gasteiger partial charge < -0.3 is 9.80 Å². The number of hydrogen-bond acceptors (Lipinski definition) is 5. The van der Waals surface area contributed by atoms with Crippen LogP contribution in [0, 0.1) is 11.8 Å². The monoisotopic (exact) mass is 479 g/mol. The number of carbonyl (C=O) groups is 1. The molecule has 6 nitrogen and oxygen atoms in total. The van der Waals surface area contributed by atoms with E-state index in [1.165, 1.54) is 77.2 Å². The van der Waals surface area contributed by atoms with Crippen LogP contribution in [0.25, 0.3) is 11.0 Å². The highest BCUT2D eigenvalue weighted by Crippen LogP contribution is 2.30. The number of nitrogens with zero attached hydrogens (tertiary/aromatic N) is 5. The Morgan fingerprint density at radius 3 is 2.29 bits per heavy atom. The summed E-state index contributed by atoms with van der Waals surface area (Å²) in [6.45, 7) is 3.57. The molecule has 2 aliphatic carbocycles. The lowest BCUT2D eigenvalue weighted by Gasteiger charge is -2.35. The second-order valence-electron chi connectivity index (χ2n) is 11.6. The molecule has 35 heavy (non-hydrogen) atoms. The van der Waals surface area contributed by atoms with Gasteiger partial charge in [0.1, 0.15) is 11.5 Å². The van der Waals surface area contributed by atoms with Gasteiger partial charge in [-0.3, -0.25) is 4.79 Å². The fourth-order valence-electron chi connectivity index (χ4n) is 6.82. The molecule has 3 aliphatic rings. The topological polar surface area (TPSA) is 54.3 Å². The summed E-state index contributed by atoms with van der Waals surface area (Å²) in [7, 11) is 4.10. The van der Waals surface area contributed by atoms with E-state index in [0.29, 0.717) is 24.1 Å². The molecule has 0 N–H and O–H groups in total. The van der Waals surface area contributed by atoms with Crippen molar-refractivity contribution in [1.82, 2.24) is 19.7 Å². The first-order chi connectivity index (χ1) is 17.1. The molecule has 0 aromatic carbocycles. The summed E-state index contributed by atoms with van der Waals surface area (Å²) >= 11 is 0. The van der Waals surface area contributed by atoms with E-state index in [9.17, 15) is 4.79 Å². The highest BCUT2D eigenvalue weighted by atomic mass is 16.1. The van der Waals surface area contributed by atoms with Crippen LogP contribution in [0.4, 0.5) is 5.82 Å². The van der Waals surface area contributed by atoms with E-state index >= 15 is 0 Å². The standard InChI is InChI=1S/C29H45N5O/c1-32(24-12-8-3-4-9-13-24)27-15-14-25-28(31-33(2)29(25)30-27)26(35)20-22-16-18-34(19-17-22)21-23-10-6-5-7-11-23/h14-15,22-24H,3-13,16-21H2,1-2H3. The lowest BCUT2D eigenvalue weighted by molar-refractivity contribution is 0.0910. The number of aryl methyl sites for hydroxylation is 1. The van der Waals surface area contributed by atoms with Gasteiger partial charge >= 0.3 is 0 Å². The van der Waals surface area contributed by atoms with E-state index in [-0.39, 0.29) is 5.78 Å². The Kier molecular flexibility index (Phi) is 8.06. The van der Waals surface area contributed by atoms with Crippen LogP contribution in [0.3, 0.4) is 0 Å². The molecule has 0 spiro atoms. The predicted octanol–water partition coefficient (Wildman–Crippen LogP) is 5.99. The van der Waals surface area contributed by atoms with Crippen molar-refractivity contribution in [1.29, 1.82) is 0 Å². The van der Waals surface area contributed by atoms with Gasteiger partial charge in [0.05, 0.1) is 5.39 Å². The molecule has 2 saturated carbocycles. The van der Waals surface area contributed by atoms with Gasteiger partial charge in [0.25, 0.3) is 0 Å². The number of pyridine rings is 1. The Morgan fingerprint density at radius 1 is 0.914 bits per heavy atom. The third-order valence-corrected chi connectivity index (χ3v) is 9.09. The van der Waals surface area contributed by atoms with Gasteiger partial charge in [0.15, 0.2) is 11.4 Å². The molecular formula is C29H45N5O. The van der Waals surface area contributed by atoms with E-state index in [2.05, 4.69) is 34.1 Å². The minimum absolute atomic E-state index is 0.188. The minimum atomic E-state index is 0.188. The lowest BCUT2D eigenvalue weighted by atomic mass is 9.87. The zero-order valence-electron chi connectivity index (χ0n) is 22.1. The first-order valence-corrected chi connectivity index (χ1v) is 14.4. The van der Waals surface area contributed by atoms with Crippen molar-refractivity contribution in [2.45, 2.75) is 95.9 Å². The molecule has 2 aromatic heterocycles. The van der Waals surface area contributed by atoms with Crippen molar-refractivity contribution in [3.05, 3.63) is 17.8 Å². The Hall–Kier alpha value is -1.95. The number of fused-ring (bicyclic) bond motifs is 1. The van der Waals surface area contributed by atoms with E-state index < -0.39 is 0 Å². The SMILES string of the molecule is CN(c1ccc2c(C(=O)CC3CCN(CC4CCCCC4)CC3)nn(C)c2n1)C1CCCCCC1. The molecule has 0 bridgehead atoms. The smallest absolute Gasteiger partial charge is 0.184 e. The largest absolute Gasteiger partial charge is 0.357 e. The Balaban J connectivity index is 1.20. The van der Waals surface area contributed by atoms with Crippen molar-refractivity contribution >= 4 is 22.6 Å². The highest BCUT2D eigenvalue weighted by molar-refractivity contribution is 6.05. The van der Waals surface area contributed by atoms with Crippen molar-refractivity contribution < 1.29 is 4.79 Å². The van der Waals surface area contributed by atoms with Crippen LogP contribution in [0.5, 0.6) is 0 Å². The molecule has 192 valence electrons. The number of aromatic nitrogens is 3. The molecule has 3 fully saturated rings. The Bertz CT molecular complexity index is 978. The number of carbonyl (C=O) groups excluding carboxylic acids is 1. The van der Waals surface area contributed by atoms with Gasteiger partial charge in [0, 0.05) is 33.1 Å². The lowest BCUT2D eigenvalue weighted by Crippen LogP contribution is -2.38. The first kappa shape index (κ1) is 24.7. The maximum Gasteiger partial charge on any atom is 0.184 e. The predicted molar refractivity (Wildman–Crippen MR) is 143 cm³/mol. The molecule has 2 aromatic rings. The quantitative estimate of drug-likeness (QED) is 0.360. The van der Waals surface area contributed by atoms with Crippen molar-refractivity contribution in [2.75, 3.05) is 31.6 Å². The molecule has 0 radical (unpaired) electrons. The fraction of sp³-hybridized carbons (Fsp3) is 0.759. The number of hydrogen-bond donors (Lipinski definition) is 0. The summed E-state index contributed by atoms with van der Waals surface area (Å²) in [5.74, 6) is 2.57. The normalized spacial score (nSPS) is 21.9. The van der Waals surface area contributed by atoms with E-state index in [1.54, 1.807) is 4.68 Å². The summed E-state index contributed by atoms with van der Waals surface area (Å²) in [5.41, 5.74) is 1.44. The van der Waals surface area contributed by atoms with Crippen LogP contribution in [0.2, 0.25) is 0 Å². The summed E-state index contributed by atoms with van der Waals surface area (Å²) in [6, 6.07) is 4.73. The van der Waals surface area contributed by atoms with Gasteiger partial charge in [-0.1, -0.05) is 44.9 Å². The molecule has 6 heteroatoms. The van der Waals surface area contributed by atoms with Gasteiger partial charge in [-0.05, 0) is 75.6 Å². The first-order valence-electron chi connectivity index (χ1n) is 14.4. The molecule has 0 atom stereocenters. The van der Waals surface area contributed by atoms with Crippen LogP contribution in [0.1, 0.15) is 100 Å². The Labute approximate surface area is 211 Å². The van der Waals surface area contributed by atoms with E-state index in [1.807, 2.05) is 7.05 Å². The summed E-state index contributed by atoms with van der Waals surface area (Å²) < 4.78 is 1.81.